The Kier molecular flexibility index (Phi) is 4.74. The summed E-state index contributed by atoms with van der Waals surface area (Å²) < 4.78 is 0. The molecule has 1 atom stereocenters. The normalized spacial score (nSPS) is 12.9. The summed E-state index contributed by atoms with van der Waals surface area (Å²) in [6, 6.07) is 2.22. The summed E-state index contributed by atoms with van der Waals surface area (Å²) in [5.41, 5.74) is 2.50. The maximum absolute atomic E-state index is 9.18. The van der Waals surface area contributed by atoms with Crippen LogP contribution in [0.5, 0.6) is 0 Å². The van der Waals surface area contributed by atoms with E-state index in [-0.39, 0.29) is 12.6 Å². The highest BCUT2D eigenvalue weighted by atomic mass is 32.1. The van der Waals surface area contributed by atoms with Gasteiger partial charge in [0.2, 0.25) is 5.95 Å². The molecule has 0 spiro atoms. The van der Waals surface area contributed by atoms with Crippen LogP contribution in [0.4, 0.5) is 11.8 Å². The molecule has 0 amide bonds. The van der Waals surface area contributed by atoms with Gasteiger partial charge in [-0.1, -0.05) is 13.8 Å². The van der Waals surface area contributed by atoms with Gasteiger partial charge in [-0.05, 0) is 25.3 Å². The van der Waals surface area contributed by atoms with Crippen molar-refractivity contribution in [2.24, 2.45) is 11.8 Å². The molecule has 1 unspecified atom stereocenters. The smallest absolute Gasteiger partial charge is 0.240 e. The number of nitrogens with zero attached hydrogens (tertiary/aromatic N) is 2. The second kappa shape index (κ2) is 6.34. The van der Waals surface area contributed by atoms with Crippen LogP contribution < -0.4 is 16.6 Å². The van der Waals surface area contributed by atoms with Crippen molar-refractivity contribution in [3.63, 3.8) is 0 Å². The van der Waals surface area contributed by atoms with Crippen LogP contribution >= 0.6 is 11.3 Å². The predicted octanol–water partition coefficient (Wildman–Crippen LogP) is 2.10. The van der Waals surface area contributed by atoms with Crippen LogP contribution in [0.15, 0.2) is 6.07 Å². The van der Waals surface area contributed by atoms with E-state index in [9.17, 15) is 5.11 Å². The molecule has 0 radical (unpaired) electrons. The van der Waals surface area contributed by atoms with Gasteiger partial charge in [0.1, 0.15) is 10.6 Å². The summed E-state index contributed by atoms with van der Waals surface area (Å²) in [6.45, 7) is 6.42. The molecule has 20 heavy (non-hydrogen) atoms. The molecule has 0 aromatic carbocycles. The molecule has 0 fully saturated rings. The van der Waals surface area contributed by atoms with E-state index in [4.69, 9.17) is 5.84 Å². The molecule has 110 valence electrons. The van der Waals surface area contributed by atoms with Crippen molar-refractivity contribution in [2.45, 2.75) is 33.2 Å². The van der Waals surface area contributed by atoms with Gasteiger partial charge in [0.05, 0.1) is 5.39 Å². The summed E-state index contributed by atoms with van der Waals surface area (Å²) in [7, 11) is 0. The van der Waals surface area contributed by atoms with Crippen LogP contribution in [0.2, 0.25) is 0 Å². The molecule has 2 rings (SSSR count). The number of aliphatic hydroxyl groups excluding tert-OH is 1. The summed E-state index contributed by atoms with van der Waals surface area (Å²) in [6.07, 6.45) is 0.678. The first kappa shape index (κ1) is 15.0. The van der Waals surface area contributed by atoms with Gasteiger partial charge in [-0.25, -0.2) is 10.8 Å². The average Bonchev–Trinajstić information content (AvgIpc) is 2.78. The minimum Gasteiger partial charge on any atom is -0.396 e. The third-order valence-electron chi connectivity index (χ3n) is 3.21. The number of hydrogen-bond acceptors (Lipinski definition) is 7. The largest absolute Gasteiger partial charge is 0.396 e. The Balaban J connectivity index is 2.40. The first-order chi connectivity index (χ1) is 9.55. The fourth-order valence-electron chi connectivity index (χ4n) is 2.10. The molecule has 0 aliphatic heterocycles. The zero-order valence-corrected chi connectivity index (χ0v) is 12.8. The van der Waals surface area contributed by atoms with Gasteiger partial charge >= 0.3 is 0 Å². The Morgan fingerprint density at radius 1 is 1.40 bits per heavy atom. The van der Waals surface area contributed by atoms with E-state index < -0.39 is 0 Å². The molecular weight excluding hydrogens is 274 g/mol. The molecule has 0 aliphatic carbocycles. The van der Waals surface area contributed by atoms with Crippen molar-refractivity contribution in [3.05, 3.63) is 10.9 Å². The highest BCUT2D eigenvalue weighted by Gasteiger charge is 2.17. The molecule has 0 saturated carbocycles. The Bertz CT molecular complexity index is 583. The fraction of sp³-hybridized carbons (Fsp3) is 0.538. The van der Waals surface area contributed by atoms with E-state index in [0.717, 1.165) is 16.0 Å². The SMILES string of the molecule is Cc1cc2c(NC(CCO)C(C)C)nc(NN)nc2s1. The van der Waals surface area contributed by atoms with Crippen LogP contribution in [0, 0.1) is 12.8 Å². The Morgan fingerprint density at radius 3 is 2.75 bits per heavy atom. The standard InChI is InChI=1S/C13H21N5OS/c1-7(2)10(4-5-19)15-11-9-6-8(3)20-12(9)17-13(16-11)18-14/h6-7,10,19H,4-5,14H2,1-3H3,(H2,15,16,17,18). The molecule has 0 bridgehead atoms. The van der Waals surface area contributed by atoms with E-state index in [1.807, 2.05) is 6.92 Å². The fourth-order valence-corrected chi connectivity index (χ4v) is 2.98. The molecule has 7 heteroatoms. The van der Waals surface area contributed by atoms with Crippen LogP contribution in [-0.4, -0.2) is 27.7 Å². The molecule has 5 N–H and O–H groups in total. The lowest BCUT2D eigenvalue weighted by atomic mass is 10.0. The first-order valence-electron chi connectivity index (χ1n) is 6.67. The maximum Gasteiger partial charge on any atom is 0.240 e. The molecule has 0 aliphatic rings. The second-order valence-corrected chi connectivity index (χ2v) is 6.36. The highest BCUT2D eigenvalue weighted by Crippen LogP contribution is 2.30. The Labute approximate surface area is 122 Å². The number of hydrogen-bond donors (Lipinski definition) is 4. The van der Waals surface area contributed by atoms with E-state index >= 15 is 0 Å². The van der Waals surface area contributed by atoms with Gasteiger partial charge in [0.25, 0.3) is 0 Å². The zero-order chi connectivity index (χ0) is 14.7. The molecule has 2 aromatic rings. The monoisotopic (exact) mass is 295 g/mol. The number of fused-ring (bicyclic) bond motifs is 1. The van der Waals surface area contributed by atoms with E-state index in [2.05, 4.69) is 40.6 Å². The van der Waals surface area contributed by atoms with Crippen molar-refractivity contribution in [3.8, 4) is 0 Å². The van der Waals surface area contributed by atoms with Crippen molar-refractivity contribution in [1.82, 2.24) is 9.97 Å². The van der Waals surface area contributed by atoms with Gasteiger partial charge in [-0.2, -0.15) is 4.98 Å². The number of nitrogens with one attached hydrogen (secondary N) is 2. The number of anilines is 2. The summed E-state index contributed by atoms with van der Waals surface area (Å²) in [4.78, 5) is 10.8. The van der Waals surface area contributed by atoms with Gasteiger partial charge in [-0.3, -0.25) is 5.43 Å². The molecule has 6 nitrogen and oxygen atoms in total. The van der Waals surface area contributed by atoms with Gasteiger partial charge in [-0.15, -0.1) is 11.3 Å². The lowest BCUT2D eigenvalue weighted by Gasteiger charge is -2.22. The number of aryl methyl sites for hydroxylation is 1. The van der Waals surface area contributed by atoms with Crippen LogP contribution in [0.3, 0.4) is 0 Å². The zero-order valence-electron chi connectivity index (χ0n) is 12.0. The second-order valence-electron chi connectivity index (χ2n) is 5.12. The minimum atomic E-state index is 0.148. The van der Waals surface area contributed by atoms with Crippen LogP contribution in [-0.2, 0) is 0 Å². The molecule has 2 heterocycles. The van der Waals surface area contributed by atoms with Crippen LogP contribution in [0.25, 0.3) is 10.2 Å². The third-order valence-corrected chi connectivity index (χ3v) is 4.16. The van der Waals surface area contributed by atoms with Gasteiger partial charge in [0.15, 0.2) is 0 Å². The quantitative estimate of drug-likeness (QED) is 0.481. The molecular formula is C13H21N5OS. The molecule has 2 aromatic heterocycles. The Hall–Kier alpha value is -1.44. The first-order valence-corrected chi connectivity index (χ1v) is 7.49. The topological polar surface area (TPSA) is 96.1 Å². The number of nitrogen functional groups attached to an aromatic ring is 1. The summed E-state index contributed by atoms with van der Waals surface area (Å²) in [5, 5.41) is 13.6. The lowest BCUT2D eigenvalue weighted by Crippen LogP contribution is -2.27. The summed E-state index contributed by atoms with van der Waals surface area (Å²) in [5.74, 6) is 6.98. The number of rotatable bonds is 6. The van der Waals surface area contributed by atoms with Crippen molar-refractivity contribution in [1.29, 1.82) is 0 Å². The van der Waals surface area contributed by atoms with Crippen molar-refractivity contribution in [2.75, 3.05) is 17.3 Å². The maximum atomic E-state index is 9.18. The number of hydrazine groups is 1. The number of aromatic nitrogens is 2. The van der Waals surface area contributed by atoms with E-state index in [1.165, 1.54) is 4.88 Å². The number of nitrogens with two attached hydrogens (primary N) is 1. The van der Waals surface area contributed by atoms with Crippen molar-refractivity contribution >= 4 is 33.3 Å². The lowest BCUT2D eigenvalue weighted by molar-refractivity contribution is 0.267. The third kappa shape index (κ3) is 3.17. The number of aliphatic hydroxyl groups is 1. The van der Waals surface area contributed by atoms with Gasteiger partial charge in [0, 0.05) is 17.5 Å². The van der Waals surface area contributed by atoms with Crippen molar-refractivity contribution < 1.29 is 5.11 Å². The van der Waals surface area contributed by atoms with Gasteiger partial charge < -0.3 is 10.4 Å². The molecule has 0 saturated heterocycles. The van der Waals surface area contributed by atoms with E-state index in [1.54, 1.807) is 11.3 Å². The average molecular weight is 295 g/mol. The summed E-state index contributed by atoms with van der Waals surface area (Å²) >= 11 is 1.61. The minimum absolute atomic E-state index is 0.148. The predicted molar refractivity (Wildman–Crippen MR) is 83.9 cm³/mol. The van der Waals surface area contributed by atoms with Crippen LogP contribution in [0.1, 0.15) is 25.1 Å². The number of thiophene rings is 1. The Morgan fingerprint density at radius 2 is 2.15 bits per heavy atom. The highest BCUT2D eigenvalue weighted by molar-refractivity contribution is 7.18. The van der Waals surface area contributed by atoms with E-state index in [0.29, 0.717) is 18.3 Å².